The van der Waals surface area contributed by atoms with Crippen LogP contribution in [-0.2, 0) is 9.47 Å². The topological polar surface area (TPSA) is 109 Å². The van der Waals surface area contributed by atoms with Crippen LogP contribution in [0.25, 0.3) is 0 Å². The average molecular weight is 645 g/mol. The lowest BCUT2D eigenvalue weighted by Crippen LogP contribution is -2.55. The monoisotopic (exact) mass is 645 g/mol. The maximum atomic E-state index is 12.5. The van der Waals surface area contributed by atoms with Crippen LogP contribution in [0, 0.1) is 14.3 Å². The number of carbonyl (C=O) groups is 2. The van der Waals surface area contributed by atoms with E-state index in [0.29, 0.717) is 42.5 Å². The molecule has 0 saturated carbocycles. The standard InChI is InChI=1S/C17H21I2N5O4S/c1-4-28-16(26)11-8(2)20-17(29-11)24-6-5-9(10(7-24)27-3)21-15(25)14-22-12(18)13(19)23-14/h9-10H,4-7H2,1-3H3,(H,21,25)(H,22,23)/t9-,10+/m1/s1. The minimum absolute atomic E-state index is 0.144. The second-order valence-corrected chi connectivity index (χ2v) is 9.49. The summed E-state index contributed by atoms with van der Waals surface area (Å²) in [6, 6.07) is -0.144. The number of aromatic nitrogens is 3. The van der Waals surface area contributed by atoms with Crippen LogP contribution in [0.5, 0.6) is 0 Å². The van der Waals surface area contributed by atoms with Crippen molar-refractivity contribution in [3.05, 3.63) is 23.8 Å². The summed E-state index contributed by atoms with van der Waals surface area (Å²) in [5.41, 5.74) is 0.662. The van der Waals surface area contributed by atoms with Crippen molar-refractivity contribution >= 4 is 73.5 Å². The number of carbonyl (C=O) groups excluding carboxylic acids is 2. The van der Waals surface area contributed by atoms with Gasteiger partial charge >= 0.3 is 5.97 Å². The molecule has 9 nitrogen and oxygen atoms in total. The van der Waals surface area contributed by atoms with Crippen molar-refractivity contribution in [3.63, 3.8) is 0 Å². The van der Waals surface area contributed by atoms with Crippen LogP contribution in [0.2, 0.25) is 0 Å². The first-order valence-electron chi connectivity index (χ1n) is 8.98. The van der Waals surface area contributed by atoms with Gasteiger partial charge in [-0.3, -0.25) is 4.79 Å². The van der Waals surface area contributed by atoms with Gasteiger partial charge < -0.3 is 24.7 Å². The van der Waals surface area contributed by atoms with Gasteiger partial charge in [-0.15, -0.1) is 0 Å². The molecule has 2 aromatic rings. The van der Waals surface area contributed by atoms with E-state index in [-0.39, 0.29) is 24.0 Å². The Morgan fingerprint density at radius 1 is 1.38 bits per heavy atom. The van der Waals surface area contributed by atoms with Crippen LogP contribution in [-0.4, -0.2) is 65.8 Å². The van der Waals surface area contributed by atoms with E-state index in [2.05, 4.69) is 70.4 Å². The summed E-state index contributed by atoms with van der Waals surface area (Å²) in [4.78, 5) is 39.0. The predicted octanol–water partition coefficient (Wildman–Crippen LogP) is 2.58. The van der Waals surface area contributed by atoms with Crippen molar-refractivity contribution in [2.45, 2.75) is 32.4 Å². The van der Waals surface area contributed by atoms with Gasteiger partial charge in [-0.05, 0) is 65.5 Å². The molecular weight excluding hydrogens is 624 g/mol. The molecule has 3 heterocycles. The lowest BCUT2D eigenvalue weighted by atomic mass is 10.0. The first-order valence-corrected chi connectivity index (χ1v) is 12.0. The first-order chi connectivity index (χ1) is 13.8. The number of halogens is 2. The van der Waals surface area contributed by atoms with Gasteiger partial charge in [0.2, 0.25) is 0 Å². The van der Waals surface area contributed by atoms with E-state index in [1.807, 2.05) is 0 Å². The summed E-state index contributed by atoms with van der Waals surface area (Å²) >= 11 is 5.52. The van der Waals surface area contributed by atoms with Crippen molar-refractivity contribution in [2.75, 3.05) is 31.7 Å². The zero-order valence-electron chi connectivity index (χ0n) is 16.1. The highest BCUT2D eigenvalue weighted by Crippen LogP contribution is 2.29. The number of ether oxygens (including phenoxy) is 2. The number of aryl methyl sites for hydroxylation is 1. The fourth-order valence-corrected chi connectivity index (χ4v) is 4.82. The van der Waals surface area contributed by atoms with Gasteiger partial charge in [0.15, 0.2) is 11.0 Å². The number of methoxy groups -OCH3 is 1. The summed E-state index contributed by atoms with van der Waals surface area (Å²) < 4.78 is 12.3. The third kappa shape index (κ3) is 5.19. The quantitative estimate of drug-likeness (QED) is 0.368. The van der Waals surface area contributed by atoms with Gasteiger partial charge in [-0.25, -0.2) is 14.8 Å². The Balaban J connectivity index is 1.67. The zero-order chi connectivity index (χ0) is 21.1. The Bertz CT molecular complexity index is 883. The third-order valence-corrected chi connectivity index (χ3v) is 8.32. The molecule has 2 atom stereocenters. The molecule has 0 spiro atoms. The number of esters is 1. The van der Waals surface area contributed by atoms with E-state index in [4.69, 9.17) is 9.47 Å². The lowest BCUT2D eigenvalue weighted by Gasteiger charge is -2.37. The molecule has 1 amide bonds. The Hall–Kier alpha value is -1.00. The molecule has 0 bridgehead atoms. The number of nitrogens with one attached hydrogen (secondary N) is 2. The van der Waals surface area contributed by atoms with Crippen molar-refractivity contribution in [1.82, 2.24) is 20.3 Å². The summed E-state index contributed by atoms with van der Waals surface area (Å²) in [5, 5.41) is 3.78. The van der Waals surface area contributed by atoms with Crippen molar-refractivity contribution < 1.29 is 19.1 Å². The van der Waals surface area contributed by atoms with Crippen LogP contribution in [0.1, 0.15) is 39.3 Å². The van der Waals surface area contributed by atoms with Crippen molar-refractivity contribution in [2.24, 2.45) is 0 Å². The van der Waals surface area contributed by atoms with Gasteiger partial charge in [0.25, 0.3) is 5.91 Å². The smallest absolute Gasteiger partial charge is 0.350 e. The molecule has 0 unspecified atom stereocenters. The number of imidazole rings is 1. The number of piperidine rings is 1. The molecule has 12 heteroatoms. The van der Waals surface area contributed by atoms with Gasteiger partial charge in [0.1, 0.15) is 12.3 Å². The number of nitrogens with zero attached hydrogens (tertiary/aromatic N) is 3. The van der Waals surface area contributed by atoms with Crippen LogP contribution in [0.15, 0.2) is 0 Å². The van der Waals surface area contributed by atoms with E-state index < -0.39 is 0 Å². The van der Waals surface area contributed by atoms with Crippen LogP contribution in [0.3, 0.4) is 0 Å². The number of aromatic amines is 1. The Morgan fingerprint density at radius 3 is 2.76 bits per heavy atom. The SMILES string of the molecule is CCOC(=O)c1sc(N2CC[C@@H](NC(=O)c3nc(I)c(I)[nH]3)[C@@H](OC)C2)nc1C. The maximum absolute atomic E-state index is 12.5. The highest BCUT2D eigenvalue weighted by Gasteiger charge is 2.33. The Morgan fingerprint density at radius 2 is 2.14 bits per heavy atom. The second-order valence-electron chi connectivity index (χ2n) is 6.41. The molecule has 1 fully saturated rings. The summed E-state index contributed by atoms with van der Waals surface area (Å²) in [7, 11) is 1.63. The molecule has 0 radical (unpaired) electrons. The largest absolute Gasteiger partial charge is 0.462 e. The van der Waals surface area contributed by atoms with E-state index in [0.717, 1.165) is 12.5 Å². The normalized spacial score (nSPS) is 19.3. The van der Waals surface area contributed by atoms with Gasteiger partial charge in [0, 0.05) is 20.2 Å². The minimum Gasteiger partial charge on any atom is -0.462 e. The molecule has 29 heavy (non-hydrogen) atoms. The highest BCUT2D eigenvalue weighted by molar-refractivity contribution is 14.1. The van der Waals surface area contributed by atoms with E-state index in [1.165, 1.54) is 11.3 Å². The molecule has 0 aliphatic carbocycles. The zero-order valence-corrected chi connectivity index (χ0v) is 21.3. The van der Waals surface area contributed by atoms with Crippen molar-refractivity contribution in [1.29, 1.82) is 0 Å². The number of H-pyrrole nitrogens is 1. The third-order valence-electron chi connectivity index (χ3n) is 4.53. The summed E-state index contributed by atoms with van der Waals surface area (Å²) in [6.07, 6.45) is 0.475. The van der Waals surface area contributed by atoms with Crippen LogP contribution < -0.4 is 10.2 Å². The molecule has 1 aliphatic heterocycles. The molecule has 1 aliphatic rings. The van der Waals surface area contributed by atoms with E-state index in [9.17, 15) is 9.59 Å². The molecule has 2 N–H and O–H groups in total. The number of rotatable bonds is 6. The fourth-order valence-electron chi connectivity index (χ4n) is 3.07. The fraction of sp³-hybridized carbons (Fsp3) is 0.529. The van der Waals surface area contributed by atoms with Gasteiger partial charge in [-0.1, -0.05) is 11.3 Å². The number of anilines is 1. The number of amides is 1. The molecule has 0 aromatic carbocycles. The highest BCUT2D eigenvalue weighted by atomic mass is 127. The first kappa shape index (κ1) is 22.7. The Labute approximate surface area is 199 Å². The van der Waals surface area contributed by atoms with Crippen LogP contribution >= 0.6 is 56.5 Å². The minimum atomic E-state index is -0.345. The maximum Gasteiger partial charge on any atom is 0.350 e. The molecular formula is C17H21I2N5O4S. The second kappa shape index (κ2) is 9.87. The van der Waals surface area contributed by atoms with E-state index in [1.54, 1.807) is 21.0 Å². The van der Waals surface area contributed by atoms with Gasteiger partial charge in [0.05, 0.1) is 24.4 Å². The van der Waals surface area contributed by atoms with Crippen molar-refractivity contribution in [3.8, 4) is 0 Å². The predicted molar refractivity (Wildman–Crippen MR) is 126 cm³/mol. The molecule has 158 valence electrons. The number of hydrogen-bond donors (Lipinski definition) is 2. The Kier molecular flexibility index (Phi) is 7.72. The average Bonchev–Trinajstić information content (AvgIpc) is 3.24. The number of thiazole rings is 1. The van der Waals surface area contributed by atoms with Crippen LogP contribution in [0.4, 0.5) is 5.13 Å². The lowest BCUT2D eigenvalue weighted by molar-refractivity contribution is 0.0530. The van der Waals surface area contributed by atoms with E-state index >= 15 is 0 Å². The molecule has 3 rings (SSSR count). The summed E-state index contributed by atoms with van der Waals surface area (Å²) in [5.74, 6) is -0.298. The number of hydrogen-bond acceptors (Lipinski definition) is 8. The molecule has 1 saturated heterocycles. The molecule has 2 aromatic heterocycles. The van der Waals surface area contributed by atoms with Gasteiger partial charge in [-0.2, -0.15) is 0 Å². The summed E-state index contributed by atoms with van der Waals surface area (Å²) in [6.45, 7) is 5.16.